The van der Waals surface area contributed by atoms with Gasteiger partial charge < -0.3 is 9.84 Å². The van der Waals surface area contributed by atoms with E-state index in [0.29, 0.717) is 11.5 Å². The Balaban J connectivity index is 2.50. The first kappa shape index (κ1) is 13.0. The molecule has 0 aliphatic heterocycles. The van der Waals surface area contributed by atoms with Crippen LogP contribution in [0.25, 0.3) is 0 Å². The second kappa shape index (κ2) is 4.84. The second-order valence-electron chi connectivity index (χ2n) is 4.96. The number of hydrogen-bond acceptors (Lipinski definition) is 4. The number of nitrogens with zero attached hydrogens (tertiary/aromatic N) is 1. The van der Waals surface area contributed by atoms with Gasteiger partial charge in [0.1, 0.15) is 5.60 Å². The lowest BCUT2D eigenvalue weighted by molar-refractivity contribution is -0.111. The molecule has 1 rings (SSSR count). The zero-order valence-electron chi connectivity index (χ0n) is 9.88. The highest BCUT2D eigenvalue weighted by atomic mass is 16.6. The number of hydrogen-bond donors (Lipinski definition) is 2. The molecule has 0 heterocycles. The molecular formula is C11H19NO4. The monoisotopic (exact) mass is 229 g/mol. The van der Waals surface area contributed by atoms with Crippen molar-refractivity contribution in [2.24, 2.45) is 5.92 Å². The first-order valence-corrected chi connectivity index (χ1v) is 5.34. The van der Waals surface area contributed by atoms with Crippen molar-refractivity contribution in [3.05, 3.63) is 12.2 Å². The summed E-state index contributed by atoms with van der Waals surface area (Å²) < 4.78 is 5.02. The minimum absolute atomic E-state index is 0.00193. The third-order valence-corrected chi connectivity index (χ3v) is 2.28. The molecule has 5 nitrogen and oxygen atoms in total. The summed E-state index contributed by atoms with van der Waals surface area (Å²) in [7, 11) is 0. The summed E-state index contributed by atoms with van der Waals surface area (Å²) in [5.41, 5.74) is -0.628. The molecule has 1 aliphatic rings. The van der Waals surface area contributed by atoms with Crippen molar-refractivity contribution >= 4 is 6.09 Å². The third kappa shape index (κ3) is 3.50. The topological polar surface area (TPSA) is 70.0 Å². The number of ether oxygens (including phenoxy) is 1. The Bertz CT molecular complexity index is 282. The number of aliphatic hydroxyl groups is 1. The van der Waals surface area contributed by atoms with Crippen molar-refractivity contribution in [1.82, 2.24) is 5.06 Å². The van der Waals surface area contributed by atoms with Gasteiger partial charge in [-0.25, -0.2) is 4.79 Å². The van der Waals surface area contributed by atoms with Crippen molar-refractivity contribution < 1.29 is 19.8 Å². The maximum atomic E-state index is 11.5. The highest BCUT2D eigenvalue weighted by molar-refractivity contribution is 5.67. The molecule has 0 saturated carbocycles. The minimum atomic E-state index is -0.763. The molecule has 0 saturated heterocycles. The highest BCUT2D eigenvalue weighted by Gasteiger charge is 2.29. The number of carbonyl (C=O) groups is 1. The Labute approximate surface area is 95.3 Å². The zero-order chi connectivity index (χ0) is 12.3. The molecule has 5 heteroatoms. The Morgan fingerprint density at radius 3 is 2.56 bits per heavy atom. The molecule has 0 radical (unpaired) electrons. The van der Waals surface area contributed by atoms with Gasteiger partial charge in [0.05, 0.1) is 6.04 Å². The van der Waals surface area contributed by atoms with E-state index in [2.05, 4.69) is 0 Å². The standard InChI is InChI=1S/C11H19NO4/c1-11(2,3)16-10(14)12(15)9-5-4-8(6-9)7-13/h4-5,8-9,13,15H,6-7H2,1-3H3/t8-,9+/m1/s1. The van der Waals surface area contributed by atoms with Crippen molar-refractivity contribution in [1.29, 1.82) is 0 Å². The number of amides is 1. The summed E-state index contributed by atoms with van der Waals surface area (Å²) >= 11 is 0. The molecule has 0 spiro atoms. The van der Waals surface area contributed by atoms with Gasteiger partial charge in [-0.2, -0.15) is 5.06 Å². The van der Waals surface area contributed by atoms with E-state index in [1.54, 1.807) is 32.9 Å². The van der Waals surface area contributed by atoms with Gasteiger partial charge in [0.15, 0.2) is 0 Å². The van der Waals surface area contributed by atoms with Crippen molar-refractivity contribution in [2.75, 3.05) is 6.61 Å². The second-order valence-corrected chi connectivity index (χ2v) is 4.96. The Kier molecular flexibility index (Phi) is 3.93. The van der Waals surface area contributed by atoms with Crippen molar-refractivity contribution in [3.63, 3.8) is 0 Å². The van der Waals surface area contributed by atoms with Gasteiger partial charge in [-0.15, -0.1) is 0 Å². The van der Waals surface area contributed by atoms with Crippen LogP contribution in [0.1, 0.15) is 27.2 Å². The number of hydroxylamine groups is 2. The molecule has 92 valence electrons. The summed E-state index contributed by atoms with van der Waals surface area (Å²) in [5, 5.41) is 19.1. The zero-order valence-corrected chi connectivity index (χ0v) is 9.88. The van der Waals surface area contributed by atoms with E-state index >= 15 is 0 Å². The molecule has 0 bridgehead atoms. The van der Waals surface area contributed by atoms with Crippen LogP contribution in [0.15, 0.2) is 12.2 Å². The fourth-order valence-electron chi connectivity index (χ4n) is 1.51. The van der Waals surface area contributed by atoms with Crippen LogP contribution in [0.5, 0.6) is 0 Å². The predicted molar refractivity (Wildman–Crippen MR) is 58.0 cm³/mol. The average Bonchev–Trinajstić information content (AvgIpc) is 2.61. The van der Waals surface area contributed by atoms with E-state index < -0.39 is 17.7 Å². The molecule has 0 fully saturated rings. The van der Waals surface area contributed by atoms with Crippen LogP contribution in [0.3, 0.4) is 0 Å². The first-order chi connectivity index (χ1) is 7.33. The first-order valence-electron chi connectivity index (χ1n) is 5.34. The SMILES string of the molecule is CC(C)(C)OC(=O)N(O)[C@H]1C=C[C@@H](CO)C1. The van der Waals surface area contributed by atoms with Crippen LogP contribution in [-0.4, -0.2) is 39.7 Å². The molecule has 0 aromatic heterocycles. The fourth-order valence-corrected chi connectivity index (χ4v) is 1.51. The van der Waals surface area contributed by atoms with Crippen LogP contribution in [0, 0.1) is 5.92 Å². The molecule has 2 N–H and O–H groups in total. The van der Waals surface area contributed by atoms with Crippen LogP contribution in [0.2, 0.25) is 0 Å². The predicted octanol–water partition coefficient (Wildman–Crippen LogP) is 1.55. The van der Waals surface area contributed by atoms with Crippen molar-refractivity contribution in [3.8, 4) is 0 Å². The summed E-state index contributed by atoms with van der Waals surface area (Å²) in [6, 6.07) is -0.410. The lowest BCUT2D eigenvalue weighted by atomic mass is 10.1. The fraction of sp³-hybridized carbons (Fsp3) is 0.727. The molecule has 16 heavy (non-hydrogen) atoms. The van der Waals surface area contributed by atoms with Crippen LogP contribution >= 0.6 is 0 Å². The maximum Gasteiger partial charge on any atom is 0.434 e. The molecular weight excluding hydrogens is 210 g/mol. The molecule has 1 aliphatic carbocycles. The van der Waals surface area contributed by atoms with E-state index in [-0.39, 0.29) is 12.5 Å². The number of aliphatic hydroxyl groups excluding tert-OH is 1. The smallest absolute Gasteiger partial charge is 0.434 e. The lowest BCUT2D eigenvalue weighted by Crippen LogP contribution is -2.40. The Morgan fingerprint density at radius 1 is 1.50 bits per heavy atom. The Morgan fingerprint density at radius 2 is 2.12 bits per heavy atom. The summed E-state index contributed by atoms with van der Waals surface area (Å²) in [5.74, 6) is 0.00193. The van der Waals surface area contributed by atoms with Gasteiger partial charge in [0, 0.05) is 12.5 Å². The van der Waals surface area contributed by atoms with Gasteiger partial charge in [0.25, 0.3) is 0 Å². The molecule has 1 amide bonds. The van der Waals surface area contributed by atoms with Crippen molar-refractivity contribution in [2.45, 2.75) is 38.8 Å². The number of rotatable bonds is 2. The Hall–Kier alpha value is -1.07. The summed E-state index contributed by atoms with van der Waals surface area (Å²) in [6.07, 6.45) is 3.25. The van der Waals surface area contributed by atoms with E-state index in [9.17, 15) is 10.0 Å². The van der Waals surface area contributed by atoms with Gasteiger partial charge >= 0.3 is 6.09 Å². The number of carbonyl (C=O) groups excluding carboxylic acids is 1. The maximum absolute atomic E-state index is 11.5. The van der Waals surface area contributed by atoms with Crippen LogP contribution in [-0.2, 0) is 4.74 Å². The largest absolute Gasteiger partial charge is 0.442 e. The van der Waals surface area contributed by atoms with E-state index in [4.69, 9.17) is 9.84 Å². The van der Waals surface area contributed by atoms with Crippen LogP contribution in [0.4, 0.5) is 4.79 Å². The van der Waals surface area contributed by atoms with Gasteiger partial charge in [-0.1, -0.05) is 12.2 Å². The van der Waals surface area contributed by atoms with E-state index in [1.165, 1.54) is 0 Å². The van der Waals surface area contributed by atoms with Crippen LogP contribution < -0.4 is 0 Å². The van der Waals surface area contributed by atoms with Gasteiger partial charge in [-0.05, 0) is 27.2 Å². The summed E-state index contributed by atoms with van der Waals surface area (Å²) in [6.45, 7) is 5.23. The normalized spacial score (nSPS) is 24.6. The quantitative estimate of drug-likeness (QED) is 0.428. The van der Waals surface area contributed by atoms with Gasteiger partial charge in [0.2, 0.25) is 0 Å². The molecule has 0 unspecified atom stereocenters. The average molecular weight is 229 g/mol. The van der Waals surface area contributed by atoms with Gasteiger partial charge in [-0.3, -0.25) is 5.21 Å². The third-order valence-electron chi connectivity index (χ3n) is 2.28. The minimum Gasteiger partial charge on any atom is -0.442 e. The lowest BCUT2D eigenvalue weighted by Gasteiger charge is -2.26. The summed E-state index contributed by atoms with van der Waals surface area (Å²) in [4.78, 5) is 11.5. The molecule has 0 aromatic carbocycles. The van der Waals surface area contributed by atoms with E-state index in [0.717, 1.165) is 0 Å². The highest BCUT2D eigenvalue weighted by Crippen LogP contribution is 2.22. The molecule has 0 aromatic rings. The van der Waals surface area contributed by atoms with E-state index in [1.807, 2.05) is 0 Å². The molecule has 2 atom stereocenters.